The average molecular weight is 167 g/mol. The lowest BCUT2D eigenvalue weighted by atomic mass is 9.94. The molecule has 0 radical (unpaired) electrons. The molecule has 0 spiro atoms. The first-order valence-electron chi connectivity index (χ1n) is 4.34. The third kappa shape index (κ3) is 1.73. The monoisotopic (exact) mass is 167 g/mol. The fraction of sp³-hybridized carbons (Fsp3) is 0. The molecule has 0 heteroatoms. The summed E-state index contributed by atoms with van der Waals surface area (Å²) in [5, 5.41) is 0. The second kappa shape index (κ2) is 3.36. The minimum Gasteiger partial charge on any atom is -0.122 e. The molecular formula is C13H11-. The van der Waals surface area contributed by atoms with Crippen molar-refractivity contribution in [1.82, 2.24) is 0 Å². The lowest BCUT2D eigenvalue weighted by Gasteiger charge is -2.19. The summed E-state index contributed by atoms with van der Waals surface area (Å²) in [6, 6.07) is 10.3. The molecule has 0 aromatic heterocycles. The van der Waals surface area contributed by atoms with Gasteiger partial charge >= 0.3 is 0 Å². The molecule has 0 unspecified atom stereocenters. The van der Waals surface area contributed by atoms with Crippen LogP contribution in [0.2, 0.25) is 0 Å². The maximum absolute atomic E-state index is 3.86. The van der Waals surface area contributed by atoms with Gasteiger partial charge in [-0.3, -0.25) is 0 Å². The number of rotatable bonds is 1. The zero-order valence-corrected chi connectivity index (χ0v) is 7.40. The third-order valence-electron chi connectivity index (χ3n) is 2.06. The van der Waals surface area contributed by atoms with E-state index < -0.39 is 0 Å². The highest BCUT2D eigenvalue weighted by molar-refractivity contribution is 5.51. The van der Waals surface area contributed by atoms with Gasteiger partial charge in [0.15, 0.2) is 0 Å². The van der Waals surface area contributed by atoms with E-state index in [2.05, 4.69) is 30.9 Å². The number of hydrogen-bond donors (Lipinski definition) is 0. The van der Waals surface area contributed by atoms with Crippen molar-refractivity contribution in [2.24, 2.45) is 0 Å². The van der Waals surface area contributed by atoms with Crippen molar-refractivity contribution in [3.05, 3.63) is 78.3 Å². The summed E-state index contributed by atoms with van der Waals surface area (Å²) in [4.78, 5) is 0. The highest BCUT2D eigenvalue weighted by Gasteiger charge is 1.97. The summed E-state index contributed by atoms with van der Waals surface area (Å²) in [5.74, 6) is 1.24. The summed E-state index contributed by atoms with van der Waals surface area (Å²) >= 11 is 0. The fourth-order valence-electron chi connectivity index (χ4n) is 1.33. The normalized spacial score (nSPS) is 15.1. The van der Waals surface area contributed by atoms with Crippen LogP contribution in [0.1, 0.15) is 5.56 Å². The van der Waals surface area contributed by atoms with Crippen molar-refractivity contribution in [3.8, 4) is 0 Å². The molecule has 0 fully saturated rings. The van der Waals surface area contributed by atoms with Crippen LogP contribution in [-0.4, -0.2) is 0 Å². The molecule has 0 nitrogen and oxygen atoms in total. The second-order valence-electron chi connectivity index (χ2n) is 3.06. The Labute approximate surface area is 78.9 Å². The third-order valence-corrected chi connectivity index (χ3v) is 2.06. The van der Waals surface area contributed by atoms with Crippen molar-refractivity contribution < 1.29 is 0 Å². The molecule has 0 saturated carbocycles. The Balaban J connectivity index is 2.25. The molecule has 0 atom stereocenters. The van der Waals surface area contributed by atoms with Crippen LogP contribution < -0.4 is 0 Å². The van der Waals surface area contributed by atoms with Crippen molar-refractivity contribution >= 4 is 0 Å². The predicted octanol–water partition coefficient (Wildman–Crippen LogP) is 3.29. The summed E-state index contributed by atoms with van der Waals surface area (Å²) < 4.78 is 0. The highest BCUT2D eigenvalue weighted by atomic mass is 14.1. The number of hydrogen-bond acceptors (Lipinski definition) is 0. The van der Waals surface area contributed by atoms with Gasteiger partial charge in [0.1, 0.15) is 0 Å². The minimum atomic E-state index is 1.06. The molecule has 64 valence electrons. The molecule has 0 amide bonds. The smallest absolute Gasteiger partial charge is 0.0771 e. The predicted molar refractivity (Wildman–Crippen MR) is 56.2 cm³/mol. The highest BCUT2D eigenvalue weighted by Crippen LogP contribution is 2.22. The lowest BCUT2D eigenvalue weighted by molar-refractivity contribution is 1.33. The van der Waals surface area contributed by atoms with Crippen molar-refractivity contribution in [2.45, 2.75) is 0 Å². The quantitative estimate of drug-likeness (QED) is 0.563. The van der Waals surface area contributed by atoms with Crippen LogP contribution in [0.3, 0.4) is 0 Å². The van der Waals surface area contributed by atoms with Crippen molar-refractivity contribution in [3.63, 3.8) is 0 Å². The van der Waals surface area contributed by atoms with Crippen LogP contribution in [0.15, 0.2) is 66.8 Å². The maximum Gasteiger partial charge on any atom is -0.0771 e. The van der Waals surface area contributed by atoms with Crippen molar-refractivity contribution in [2.75, 3.05) is 0 Å². The average Bonchev–Trinajstić information content (AvgIpc) is 2.20. The van der Waals surface area contributed by atoms with Gasteiger partial charge in [-0.2, -0.15) is 0 Å². The summed E-state index contributed by atoms with van der Waals surface area (Å²) in [7, 11) is 0. The SMILES string of the molecule is C=C1C=C[C-](c2ccccc2)C=C1. The van der Waals surface area contributed by atoms with Gasteiger partial charge in [0, 0.05) is 0 Å². The van der Waals surface area contributed by atoms with E-state index in [-0.39, 0.29) is 0 Å². The Hall–Kier alpha value is -1.69. The molecule has 0 saturated heterocycles. The zero-order chi connectivity index (χ0) is 9.10. The van der Waals surface area contributed by atoms with E-state index in [0.29, 0.717) is 0 Å². The Morgan fingerprint density at radius 2 is 1.54 bits per heavy atom. The fourth-order valence-corrected chi connectivity index (χ4v) is 1.33. The van der Waals surface area contributed by atoms with Gasteiger partial charge in [-0.1, -0.05) is 29.7 Å². The first-order valence-corrected chi connectivity index (χ1v) is 4.34. The summed E-state index contributed by atoms with van der Waals surface area (Å²) in [6.45, 7) is 3.86. The van der Waals surface area contributed by atoms with Crippen LogP contribution in [0.5, 0.6) is 0 Å². The minimum absolute atomic E-state index is 1.06. The van der Waals surface area contributed by atoms with Gasteiger partial charge in [0.25, 0.3) is 0 Å². The molecule has 1 aromatic carbocycles. The molecule has 0 bridgehead atoms. The Bertz CT molecular complexity index is 339. The van der Waals surface area contributed by atoms with Crippen LogP contribution in [-0.2, 0) is 0 Å². The van der Waals surface area contributed by atoms with Crippen molar-refractivity contribution in [1.29, 1.82) is 0 Å². The van der Waals surface area contributed by atoms with E-state index in [4.69, 9.17) is 0 Å². The molecule has 1 aliphatic rings. The standard InChI is InChI=1S/C13H11/c1-11-7-9-13(10-8-11)12-5-3-2-4-6-12/h2-10H,1H2/q-1. The van der Waals surface area contributed by atoms with Crippen LogP contribution in [0.25, 0.3) is 0 Å². The van der Waals surface area contributed by atoms with E-state index in [1.165, 1.54) is 11.5 Å². The van der Waals surface area contributed by atoms with Gasteiger partial charge < -0.3 is 0 Å². The molecular weight excluding hydrogens is 156 g/mol. The molecule has 1 aliphatic carbocycles. The molecule has 0 N–H and O–H groups in total. The van der Waals surface area contributed by atoms with E-state index in [1.807, 2.05) is 30.4 Å². The van der Waals surface area contributed by atoms with Gasteiger partial charge in [-0.25, -0.2) is 0 Å². The van der Waals surface area contributed by atoms with Gasteiger partial charge in [-0.05, 0) is 0 Å². The van der Waals surface area contributed by atoms with Crippen LogP contribution in [0.4, 0.5) is 0 Å². The Morgan fingerprint density at radius 3 is 2.15 bits per heavy atom. The molecule has 2 rings (SSSR count). The number of benzene rings is 1. The molecule has 1 aromatic rings. The van der Waals surface area contributed by atoms with Gasteiger partial charge in [0.2, 0.25) is 0 Å². The van der Waals surface area contributed by atoms with Crippen LogP contribution in [0, 0.1) is 5.92 Å². The topological polar surface area (TPSA) is 0 Å². The summed E-state index contributed by atoms with van der Waals surface area (Å²) in [5.41, 5.74) is 2.31. The Kier molecular flexibility index (Phi) is 2.05. The largest absolute Gasteiger partial charge is 0.122 e. The Morgan fingerprint density at radius 1 is 0.923 bits per heavy atom. The van der Waals surface area contributed by atoms with E-state index in [9.17, 15) is 0 Å². The number of allylic oxidation sites excluding steroid dienone is 5. The van der Waals surface area contributed by atoms with E-state index >= 15 is 0 Å². The van der Waals surface area contributed by atoms with Gasteiger partial charge in [-0.15, -0.1) is 48.6 Å². The molecule has 0 aliphatic heterocycles. The van der Waals surface area contributed by atoms with Crippen LogP contribution >= 0.6 is 0 Å². The van der Waals surface area contributed by atoms with E-state index in [0.717, 1.165) is 5.57 Å². The maximum atomic E-state index is 3.86. The van der Waals surface area contributed by atoms with E-state index in [1.54, 1.807) is 0 Å². The summed E-state index contributed by atoms with van der Waals surface area (Å²) in [6.07, 6.45) is 8.25. The second-order valence-corrected chi connectivity index (χ2v) is 3.06. The zero-order valence-electron chi connectivity index (χ0n) is 7.40. The molecule has 0 heterocycles. The van der Waals surface area contributed by atoms with Gasteiger partial charge in [0.05, 0.1) is 0 Å². The first kappa shape index (κ1) is 7.93. The lowest BCUT2D eigenvalue weighted by Crippen LogP contribution is -1.94. The molecule has 13 heavy (non-hydrogen) atoms. The first-order chi connectivity index (χ1) is 6.36.